The van der Waals surface area contributed by atoms with Crippen LogP contribution in [0.15, 0.2) is 72.9 Å². The average molecular weight is 848 g/mol. The smallest absolute Gasteiger partial charge is 0.306 e. The predicted octanol–water partition coefficient (Wildman–Crippen LogP) is 12.8. The molecule has 0 aromatic heterocycles. The van der Waals surface area contributed by atoms with E-state index < -0.39 is 32.5 Å². The monoisotopic (exact) mass is 848 g/mol. The minimum atomic E-state index is -4.65. The molecule has 0 saturated heterocycles. The van der Waals surface area contributed by atoms with Crippen molar-refractivity contribution in [2.24, 2.45) is 0 Å². The fourth-order valence-corrected chi connectivity index (χ4v) is 6.64. The number of allylic oxidation sites excluding steroid dienone is 12. The van der Waals surface area contributed by atoms with E-state index in [1.54, 1.807) is 0 Å². The van der Waals surface area contributed by atoms with Gasteiger partial charge in [0.25, 0.3) is 7.82 Å². The number of esters is 2. The van der Waals surface area contributed by atoms with Crippen LogP contribution in [0.3, 0.4) is 0 Å². The summed E-state index contributed by atoms with van der Waals surface area (Å²) in [6.07, 6.45) is 50.9. The van der Waals surface area contributed by atoms with Crippen molar-refractivity contribution in [3.8, 4) is 0 Å². The van der Waals surface area contributed by atoms with Crippen LogP contribution in [0.1, 0.15) is 174 Å². The molecule has 0 saturated carbocycles. The summed E-state index contributed by atoms with van der Waals surface area (Å²) in [7, 11) is 1.11. The minimum absolute atomic E-state index is 0.0466. The number of carbonyl (C=O) groups excluding carboxylic acids is 2. The van der Waals surface area contributed by atoms with Crippen molar-refractivity contribution in [3.05, 3.63) is 72.9 Å². The summed E-state index contributed by atoms with van der Waals surface area (Å²) >= 11 is 0. The molecular weight excluding hydrogens is 762 g/mol. The van der Waals surface area contributed by atoms with Gasteiger partial charge in [-0.3, -0.25) is 14.2 Å². The molecule has 0 rings (SSSR count). The molecule has 0 aliphatic rings. The van der Waals surface area contributed by atoms with Crippen molar-refractivity contribution in [2.75, 3.05) is 47.5 Å². The number of ether oxygens (including phenoxy) is 2. The standard InChI is InChI=1S/C49H86NO8P/c1-6-8-10-12-14-16-18-20-22-24-25-26-28-30-32-34-36-38-40-42-49(52)58-47(46-57-59(53,54)56-44-43-50(3,4)5)45-55-48(51)41-39-37-35-33-31-29-27-23-21-19-17-15-13-11-9-7-2/h8,10,14,16,20,22,25-26,30,32,36,38,47H,6-7,9,11-13,15,17-19,21,23-24,27-29,31,33-35,37,39-46H2,1-5H3/b10-8-,16-14-,22-20-,26-25-,32-30-,38-36-. The van der Waals surface area contributed by atoms with E-state index in [1.165, 1.54) is 83.5 Å². The second-order valence-electron chi connectivity index (χ2n) is 16.4. The highest BCUT2D eigenvalue weighted by molar-refractivity contribution is 7.45. The Balaban J connectivity index is 4.46. The maximum Gasteiger partial charge on any atom is 0.306 e. The molecule has 0 aliphatic carbocycles. The first-order chi connectivity index (χ1) is 28.5. The number of hydrogen-bond acceptors (Lipinski definition) is 8. The lowest BCUT2D eigenvalue weighted by Crippen LogP contribution is -2.37. The molecule has 0 spiro atoms. The molecule has 340 valence electrons. The molecule has 9 nitrogen and oxygen atoms in total. The number of nitrogens with zero attached hydrogens (tertiary/aromatic N) is 1. The summed E-state index contributed by atoms with van der Waals surface area (Å²) in [5, 5.41) is 0. The molecule has 0 fully saturated rings. The molecule has 0 aliphatic heterocycles. The number of phosphoric ester groups is 1. The van der Waals surface area contributed by atoms with Gasteiger partial charge in [0.05, 0.1) is 27.7 Å². The van der Waals surface area contributed by atoms with Crippen molar-refractivity contribution in [2.45, 2.75) is 180 Å². The van der Waals surface area contributed by atoms with Crippen molar-refractivity contribution in [3.63, 3.8) is 0 Å². The summed E-state index contributed by atoms with van der Waals surface area (Å²) in [6, 6.07) is 0. The Hall–Kier alpha value is -2.55. The topological polar surface area (TPSA) is 111 Å². The van der Waals surface area contributed by atoms with E-state index in [1.807, 2.05) is 33.3 Å². The van der Waals surface area contributed by atoms with Crippen LogP contribution in [-0.2, 0) is 32.7 Å². The molecular formula is C49H86NO8P. The van der Waals surface area contributed by atoms with Gasteiger partial charge in [-0.2, -0.15) is 0 Å². The normalized spacial score (nSPS) is 14.2. The van der Waals surface area contributed by atoms with Crippen LogP contribution < -0.4 is 4.89 Å². The molecule has 0 amide bonds. The molecule has 59 heavy (non-hydrogen) atoms. The first-order valence-electron chi connectivity index (χ1n) is 23.1. The lowest BCUT2D eigenvalue weighted by Gasteiger charge is -2.28. The third-order valence-corrected chi connectivity index (χ3v) is 10.5. The highest BCUT2D eigenvalue weighted by Crippen LogP contribution is 2.38. The maximum atomic E-state index is 12.7. The van der Waals surface area contributed by atoms with E-state index in [-0.39, 0.29) is 26.1 Å². The largest absolute Gasteiger partial charge is 0.756 e. The number of rotatable bonds is 41. The second-order valence-corrected chi connectivity index (χ2v) is 17.8. The first kappa shape index (κ1) is 56.5. The zero-order chi connectivity index (χ0) is 43.6. The van der Waals surface area contributed by atoms with Gasteiger partial charge in [-0.1, -0.05) is 183 Å². The molecule has 0 bridgehead atoms. The number of unbranched alkanes of at least 4 members (excludes halogenated alkanes) is 15. The highest BCUT2D eigenvalue weighted by atomic mass is 31.2. The summed E-state index contributed by atoms with van der Waals surface area (Å²) in [5.41, 5.74) is 0. The van der Waals surface area contributed by atoms with Crippen LogP contribution in [0.5, 0.6) is 0 Å². The van der Waals surface area contributed by atoms with Crippen LogP contribution in [0.4, 0.5) is 0 Å². The van der Waals surface area contributed by atoms with E-state index in [0.29, 0.717) is 17.4 Å². The summed E-state index contributed by atoms with van der Waals surface area (Å²) < 4.78 is 33.8. The second kappa shape index (κ2) is 40.8. The van der Waals surface area contributed by atoms with Gasteiger partial charge in [0, 0.05) is 12.8 Å². The van der Waals surface area contributed by atoms with Gasteiger partial charge in [-0.15, -0.1) is 0 Å². The Kier molecular flexibility index (Phi) is 39.1. The van der Waals surface area contributed by atoms with Crippen LogP contribution in [-0.4, -0.2) is 70.0 Å². The van der Waals surface area contributed by atoms with Gasteiger partial charge in [0.15, 0.2) is 6.10 Å². The third-order valence-electron chi connectivity index (χ3n) is 9.50. The number of likely N-dealkylation sites (N-methyl/N-ethyl adjacent to an activating group) is 1. The van der Waals surface area contributed by atoms with Gasteiger partial charge < -0.3 is 27.9 Å². The van der Waals surface area contributed by atoms with Crippen LogP contribution in [0.2, 0.25) is 0 Å². The Morgan fingerprint density at radius 1 is 0.542 bits per heavy atom. The van der Waals surface area contributed by atoms with Crippen molar-refractivity contribution in [1.29, 1.82) is 0 Å². The van der Waals surface area contributed by atoms with Crippen LogP contribution in [0.25, 0.3) is 0 Å². The fourth-order valence-electron chi connectivity index (χ4n) is 5.92. The van der Waals surface area contributed by atoms with E-state index >= 15 is 0 Å². The number of phosphoric acid groups is 1. The number of quaternary nitrogens is 1. The quantitative estimate of drug-likeness (QED) is 0.0197. The van der Waals surface area contributed by atoms with E-state index in [0.717, 1.165) is 57.8 Å². The van der Waals surface area contributed by atoms with Gasteiger partial charge in [-0.25, -0.2) is 0 Å². The van der Waals surface area contributed by atoms with Crippen molar-refractivity contribution in [1.82, 2.24) is 0 Å². The predicted molar refractivity (Wildman–Crippen MR) is 245 cm³/mol. The van der Waals surface area contributed by atoms with Crippen LogP contribution >= 0.6 is 7.82 Å². The van der Waals surface area contributed by atoms with Gasteiger partial charge in [0.1, 0.15) is 19.8 Å². The van der Waals surface area contributed by atoms with Gasteiger partial charge >= 0.3 is 11.9 Å². The molecule has 0 N–H and O–H groups in total. The Morgan fingerprint density at radius 3 is 1.41 bits per heavy atom. The molecule has 10 heteroatoms. The van der Waals surface area contributed by atoms with E-state index in [9.17, 15) is 19.0 Å². The lowest BCUT2D eigenvalue weighted by molar-refractivity contribution is -0.870. The fraction of sp³-hybridized carbons (Fsp3) is 0.714. The zero-order valence-corrected chi connectivity index (χ0v) is 39.1. The van der Waals surface area contributed by atoms with Gasteiger partial charge in [0.2, 0.25) is 0 Å². The highest BCUT2D eigenvalue weighted by Gasteiger charge is 2.21. The van der Waals surface area contributed by atoms with Gasteiger partial charge in [-0.05, 0) is 51.4 Å². The Labute approximate surface area is 361 Å². The summed E-state index contributed by atoms with van der Waals surface area (Å²) in [5.74, 6) is -0.933. The Bertz CT molecular complexity index is 1230. The molecule has 0 aromatic rings. The molecule has 2 unspecified atom stereocenters. The molecule has 0 aromatic carbocycles. The number of carbonyl (C=O) groups is 2. The third kappa shape index (κ3) is 44.8. The SMILES string of the molecule is CC/C=C\C/C=C\C/C=C\C/C=C\C/C=C\C/C=C\CCC(=O)OC(COC(=O)CCCCCCCCCCCCCCCCCC)COP(=O)([O-])OCC[N+](C)(C)C. The van der Waals surface area contributed by atoms with E-state index in [2.05, 4.69) is 74.6 Å². The maximum absolute atomic E-state index is 12.7. The Morgan fingerprint density at radius 2 is 0.966 bits per heavy atom. The minimum Gasteiger partial charge on any atom is -0.756 e. The zero-order valence-electron chi connectivity index (χ0n) is 38.2. The molecule has 2 atom stereocenters. The first-order valence-corrected chi connectivity index (χ1v) is 24.6. The number of hydrogen-bond donors (Lipinski definition) is 0. The summed E-state index contributed by atoms with van der Waals surface area (Å²) in [4.78, 5) is 37.6. The lowest BCUT2D eigenvalue weighted by atomic mass is 10.0. The van der Waals surface area contributed by atoms with Crippen molar-refractivity contribution >= 4 is 19.8 Å². The summed E-state index contributed by atoms with van der Waals surface area (Å²) in [6.45, 7) is 4.03. The van der Waals surface area contributed by atoms with Crippen LogP contribution in [0, 0.1) is 0 Å². The van der Waals surface area contributed by atoms with E-state index in [4.69, 9.17) is 18.5 Å². The molecule has 0 radical (unpaired) electrons. The molecule has 0 heterocycles. The average Bonchev–Trinajstić information content (AvgIpc) is 3.19. The van der Waals surface area contributed by atoms with Crippen molar-refractivity contribution < 1.29 is 42.1 Å².